The summed E-state index contributed by atoms with van der Waals surface area (Å²) in [6.45, 7) is 1.61. The van der Waals surface area contributed by atoms with Crippen LogP contribution in [0.25, 0.3) is 0 Å². The summed E-state index contributed by atoms with van der Waals surface area (Å²) in [7, 11) is 0. The maximum absolute atomic E-state index is 10.7. The molecule has 6 nitrogen and oxygen atoms in total. The molecule has 2 aliphatic rings. The molecule has 1 saturated carbocycles. The highest BCUT2D eigenvalue weighted by Gasteiger charge is 2.39. The molecule has 2 aliphatic carbocycles. The molecule has 0 amide bonds. The smallest absolute Gasteiger partial charge is 0.341 e. The van der Waals surface area contributed by atoms with Gasteiger partial charge in [0.25, 0.3) is 0 Å². The van der Waals surface area contributed by atoms with Crippen molar-refractivity contribution in [3.8, 4) is 5.75 Å². The highest BCUT2D eigenvalue weighted by atomic mass is 16.5. The minimum absolute atomic E-state index is 0.222. The molecule has 3 N–H and O–H groups in total. The van der Waals surface area contributed by atoms with Crippen LogP contribution in [-0.4, -0.2) is 40.5 Å². The fourth-order valence-corrected chi connectivity index (χ4v) is 4.36. The van der Waals surface area contributed by atoms with Gasteiger partial charge in [-0.3, -0.25) is 4.79 Å². The van der Waals surface area contributed by atoms with Gasteiger partial charge in [-0.25, -0.2) is 4.79 Å². The largest absolute Gasteiger partial charge is 0.482 e. The quantitative estimate of drug-likeness (QED) is 0.673. The Balaban J connectivity index is 0.000000465. The van der Waals surface area contributed by atoms with Crippen molar-refractivity contribution in [3.05, 3.63) is 29.3 Å². The van der Waals surface area contributed by atoms with Gasteiger partial charge >= 0.3 is 11.9 Å². The predicted octanol–water partition coefficient (Wildman–Crippen LogP) is 3.14. The number of carboxylic acid groups (broad SMARTS) is 2. The number of carboxylic acids is 2. The van der Waals surface area contributed by atoms with E-state index in [2.05, 4.69) is 6.07 Å². The summed E-state index contributed by atoms with van der Waals surface area (Å²) < 4.78 is 5.47. The van der Waals surface area contributed by atoms with Crippen molar-refractivity contribution in [2.24, 2.45) is 17.8 Å². The van der Waals surface area contributed by atoms with Crippen LogP contribution in [0.5, 0.6) is 5.75 Å². The van der Waals surface area contributed by atoms with Gasteiger partial charge in [-0.15, -0.1) is 0 Å². The summed E-state index contributed by atoms with van der Waals surface area (Å²) in [6, 6.07) is 6.01. The summed E-state index contributed by atoms with van der Waals surface area (Å²) >= 11 is 0. The van der Waals surface area contributed by atoms with Crippen LogP contribution in [0.3, 0.4) is 0 Å². The van der Waals surface area contributed by atoms with Crippen molar-refractivity contribution in [1.29, 1.82) is 0 Å². The Hall–Kier alpha value is -2.08. The summed E-state index contributed by atoms with van der Waals surface area (Å²) in [5.41, 5.74) is 2.54. The lowest BCUT2D eigenvalue weighted by atomic mass is 9.74. The molecule has 0 spiro atoms. The average molecular weight is 378 g/mol. The first-order chi connectivity index (χ1) is 13.0. The number of hydrogen-bond donors (Lipinski definition) is 3. The topological polar surface area (TPSA) is 104 Å². The Labute approximate surface area is 160 Å². The second-order valence-electron chi connectivity index (χ2n) is 7.36. The minimum Gasteiger partial charge on any atom is -0.482 e. The van der Waals surface area contributed by atoms with Crippen molar-refractivity contribution in [2.45, 2.75) is 51.9 Å². The van der Waals surface area contributed by atoms with Gasteiger partial charge in [0, 0.05) is 13.0 Å². The number of aliphatic carboxylic acids is 2. The van der Waals surface area contributed by atoms with Crippen LogP contribution in [0.2, 0.25) is 0 Å². The molecule has 27 heavy (non-hydrogen) atoms. The van der Waals surface area contributed by atoms with E-state index in [4.69, 9.17) is 20.1 Å². The highest BCUT2D eigenvalue weighted by molar-refractivity contribution is 5.68. The molecule has 1 aromatic carbocycles. The van der Waals surface area contributed by atoms with Gasteiger partial charge in [0.05, 0.1) is 0 Å². The lowest BCUT2D eigenvalue weighted by Gasteiger charge is -2.32. The second kappa shape index (κ2) is 10.3. The monoisotopic (exact) mass is 378 g/mol. The molecule has 0 aliphatic heterocycles. The van der Waals surface area contributed by atoms with Crippen molar-refractivity contribution < 1.29 is 29.6 Å². The molecule has 0 bridgehead atoms. The number of fused-ring (bicyclic) bond motifs is 2. The van der Waals surface area contributed by atoms with Gasteiger partial charge in [-0.05, 0) is 73.5 Å². The van der Waals surface area contributed by atoms with E-state index < -0.39 is 11.9 Å². The first-order valence-electron chi connectivity index (χ1n) is 9.74. The van der Waals surface area contributed by atoms with Gasteiger partial charge in [0.1, 0.15) is 5.75 Å². The Bertz CT molecular complexity index is 642. The first kappa shape index (κ1) is 21.2. The molecule has 1 fully saturated rings. The van der Waals surface area contributed by atoms with Crippen molar-refractivity contribution in [2.75, 3.05) is 13.2 Å². The van der Waals surface area contributed by atoms with Crippen molar-refractivity contribution in [3.63, 3.8) is 0 Å². The molecular weight excluding hydrogens is 348 g/mol. The van der Waals surface area contributed by atoms with Crippen LogP contribution < -0.4 is 4.74 Å². The fraction of sp³-hybridized carbons (Fsp3) is 0.619. The van der Waals surface area contributed by atoms with E-state index in [0.29, 0.717) is 11.8 Å². The molecule has 0 aromatic heterocycles. The van der Waals surface area contributed by atoms with Crippen LogP contribution in [-0.2, 0) is 22.4 Å². The summed E-state index contributed by atoms with van der Waals surface area (Å²) in [6.07, 6.45) is 6.83. The lowest BCUT2D eigenvalue weighted by molar-refractivity contribution is -0.139. The standard InChI is InChI=1S/C18H24O4.C3H6O2/c19-8-2-4-12-6-7-14-10-16-13(9-15(12)14)3-1-5-17(16)22-11-18(20)21;1-2-3(4)5/h1,3,5,12,14-15,19H,2,4,6-11H2,(H,20,21);2H2,1H3,(H,4,5). The molecule has 6 heteroatoms. The van der Waals surface area contributed by atoms with Gasteiger partial charge in [0.2, 0.25) is 0 Å². The van der Waals surface area contributed by atoms with E-state index in [-0.39, 0.29) is 19.6 Å². The Kier molecular flexibility index (Phi) is 8.10. The maximum Gasteiger partial charge on any atom is 0.341 e. The van der Waals surface area contributed by atoms with Crippen LogP contribution in [0, 0.1) is 17.8 Å². The normalized spacial score (nSPS) is 22.8. The number of aliphatic hydroxyl groups excluding tert-OH is 1. The van der Waals surface area contributed by atoms with Gasteiger partial charge in [-0.2, -0.15) is 0 Å². The highest BCUT2D eigenvalue weighted by Crippen LogP contribution is 2.48. The van der Waals surface area contributed by atoms with Gasteiger partial charge < -0.3 is 20.1 Å². The van der Waals surface area contributed by atoms with Crippen molar-refractivity contribution in [1.82, 2.24) is 0 Å². The summed E-state index contributed by atoms with van der Waals surface area (Å²) in [4.78, 5) is 20.1. The van der Waals surface area contributed by atoms with E-state index in [1.807, 2.05) is 12.1 Å². The number of rotatable bonds is 7. The predicted molar refractivity (Wildman–Crippen MR) is 101 cm³/mol. The molecule has 0 heterocycles. The number of benzene rings is 1. The number of hydrogen-bond acceptors (Lipinski definition) is 4. The van der Waals surface area contributed by atoms with E-state index in [1.165, 1.54) is 24.0 Å². The molecule has 1 aromatic rings. The maximum atomic E-state index is 10.7. The first-order valence-corrected chi connectivity index (χ1v) is 9.74. The lowest BCUT2D eigenvalue weighted by Crippen LogP contribution is -2.26. The van der Waals surface area contributed by atoms with Crippen LogP contribution in [0.15, 0.2) is 18.2 Å². The SMILES string of the molecule is CCC(=O)O.O=C(O)COc1cccc2c1CC1CCC(CCCO)C1C2. The fourth-order valence-electron chi connectivity index (χ4n) is 4.36. The molecule has 0 saturated heterocycles. The van der Waals surface area contributed by atoms with E-state index in [1.54, 1.807) is 6.92 Å². The zero-order valence-electron chi connectivity index (χ0n) is 15.9. The van der Waals surface area contributed by atoms with Gasteiger partial charge in [0.15, 0.2) is 6.61 Å². The van der Waals surface area contributed by atoms with Crippen molar-refractivity contribution >= 4 is 11.9 Å². The van der Waals surface area contributed by atoms with E-state index >= 15 is 0 Å². The summed E-state index contributed by atoms with van der Waals surface area (Å²) in [5.74, 6) is 1.20. The third-order valence-corrected chi connectivity index (χ3v) is 5.66. The average Bonchev–Trinajstić information content (AvgIpc) is 3.05. The number of aliphatic hydroxyl groups is 1. The molecule has 3 atom stereocenters. The molecule has 3 rings (SSSR count). The zero-order chi connectivity index (χ0) is 19.8. The Morgan fingerprint density at radius 2 is 1.89 bits per heavy atom. The third kappa shape index (κ3) is 5.96. The van der Waals surface area contributed by atoms with Crippen LogP contribution in [0.4, 0.5) is 0 Å². The molecular formula is C21H30O6. The van der Waals surface area contributed by atoms with E-state index in [0.717, 1.165) is 37.4 Å². The molecule has 150 valence electrons. The van der Waals surface area contributed by atoms with Gasteiger partial charge in [-0.1, -0.05) is 19.1 Å². The van der Waals surface area contributed by atoms with Crippen LogP contribution in [0.1, 0.15) is 50.2 Å². The number of ether oxygens (including phenoxy) is 1. The van der Waals surface area contributed by atoms with Crippen LogP contribution >= 0.6 is 0 Å². The zero-order valence-corrected chi connectivity index (χ0v) is 15.9. The van der Waals surface area contributed by atoms with E-state index in [9.17, 15) is 9.59 Å². The molecule has 3 unspecified atom stereocenters. The Morgan fingerprint density at radius 1 is 1.15 bits per heavy atom. The molecule has 0 radical (unpaired) electrons. The summed E-state index contributed by atoms with van der Waals surface area (Å²) in [5, 5.41) is 25.6. The minimum atomic E-state index is -0.934. The number of carbonyl (C=O) groups is 2. The second-order valence-corrected chi connectivity index (χ2v) is 7.36. The third-order valence-electron chi connectivity index (χ3n) is 5.66. The Morgan fingerprint density at radius 3 is 2.52 bits per heavy atom.